The van der Waals surface area contributed by atoms with Crippen molar-refractivity contribution in [2.24, 2.45) is 0 Å². The Bertz CT molecular complexity index is 787. The lowest BCUT2D eigenvalue weighted by atomic mass is 10.2. The molecule has 2 aliphatic rings. The fourth-order valence-electron chi connectivity index (χ4n) is 2.92. The normalized spacial score (nSPS) is 15.6. The number of carbonyl (C=O) groups excluding carboxylic acids is 1. The first-order valence-corrected chi connectivity index (χ1v) is 8.01. The van der Waals surface area contributed by atoms with Crippen molar-refractivity contribution in [2.75, 3.05) is 25.2 Å². The third kappa shape index (κ3) is 2.84. The number of anilines is 2. The van der Waals surface area contributed by atoms with E-state index in [2.05, 4.69) is 15.3 Å². The molecular weight excluding hydrogens is 308 g/mol. The molecule has 1 aromatic heterocycles. The number of hydrogen-bond donors (Lipinski definition) is 1. The summed E-state index contributed by atoms with van der Waals surface area (Å²) < 4.78 is 10.7. The number of hydrogen-bond acceptors (Lipinski definition) is 6. The number of aryl methyl sites for hydroxylation is 1. The zero-order valence-electron chi connectivity index (χ0n) is 13.4. The van der Waals surface area contributed by atoms with Crippen molar-refractivity contribution in [3.8, 4) is 11.5 Å². The molecule has 0 aliphatic carbocycles. The van der Waals surface area contributed by atoms with Gasteiger partial charge in [-0.2, -0.15) is 0 Å². The molecule has 0 unspecified atom stereocenters. The van der Waals surface area contributed by atoms with Crippen LogP contribution in [0.4, 0.5) is 11.6 Å². The number of nitrogens with one attached hydrogen (secondary N) is 1. The van der Waals surface area contributed by atoms with E-state index in [1.165, 1.54) is 0 Å². The minimum atomic E-state index is -0.0354. The Kier molecular flexibility index (Phi) is 3.68. The number of fused-ring (bicyclic) bond motifs is 1. The van der Waals surface area contributed by atoms with Gasteiger partial charge in [-0.1, -0.05) is 0 Å². The molecule has 0 bridgehead atoms. The van der Waals surface area contributed by atoms with Crippen LogP contribution in [0.5, 0.6) is 11.5 Å². The number of carbonyl (C=O) groups is 1. The highest BCUT2D eigenvalue weighted by Crippen LogP contribution is 2.34. The van der Waals surface area contributed by atoms with Crippen molar-refractivity contribution in [1.29, 1.82) is 0 Å². The lowest BCUT2D eigenvalue weighted by Gasteiger charge is -2.15. The summed E-state index contributed by atoms with van der Waals surface area (Å²) in [5.41, 5.74) is 1.95. The molecule has 3 heterocycles. The molecule has 0 saturated carbocycles. The summed E-state index contributed by atoms with van der Waals surface area (Å²) in [6, 6.07) is 7.25. The predicted molar refractivity (Wildman–Crippen MR) is 87.8 cm³/mol. The molecule has 1 N–H and O–H groups in total. The second-order valence-electron chi connectivity index (χ2n) is 5.91. The van der Waals surface area contributed by atoms with Gasteiger partial charge in [0.2, 0.25) is 12.7 Å². The van der Waals surface area contributed by atoms with Crippen LogP contribution in [0, 0.1) is 6.92 Å². The zero-order valence-corrected chi connectivity index (χ0v) is 13.4. The number of rotatable bonds is 3. The van der Waals surface area contributed by atoms with Crippen LogP contribution in [0.1, 0.15) is 29.0 Å². The standard InChI is InChI=1S/C17H18N4O3/c1-11-8-13(16(22)21-6-2-3-7-21)20-17(18-11)19-12-4-5-14-15(9-12)24-10-23-14/h4-5,8-9H,2-3,6-7,10H2,1H3,(H,18,19,20). The number of aromatic nitrogens is 2. The van der Waals surface area contributed by atoms with Crippen LogP contribution >= 0.6 is 0 Å². The van der Waals surface area contributed by atoms with Gasteiger partial charge in [0.05, 0.1) is 0 Å². The molecule has 0 atom stereocenters. The summed E-state index contributed by atoms with van der Waals surface area (Å²) in [6.07, 6.45) is 2.11. The molecule has 1 saturated heterocycles. The Morgan fingerprint density at radius 1 is 1.12 bits per heavy atom. The Morgan fingerprint density at radius 2 is 1.92 bits per heavy atom. The quantitative estimate of drug-likeness (QED) is 0.934. The van der Waals surface area contributed by atoms with Crippen molar-refractivity contribution in [2.45, 2.75) is 19.8 Å². The van der Waals surface area contributed by atoms with Gasteiger partial charge in [0.15, 0.2) is 11.5 Å². The number of nitrogens with zero attached hydrogens (tertiary/aromatic N) is 3. The first kappa shape index (κ1) is 14.7. The lowest BCUT2D eigenvalue weighted by molar-refractivity contribution is 0.0787. The first-order valence-electron chi connectivity index (χ1n) is 8.01. The molecule has 2 aromatic rings. The zero-order chi connectivity index (χ0) is 16.5. The first-order chi connectivity index (χ1) is 11.7. The molecule has 24 heavy (non-hydrogen) atoms. The molecule has 1 aromatic carbocycles. The maximum atomic E-state index is 12.5. The Labute approximate surface area is 139 Å². The van der Waals surface area contributed by atoms with Gasteiger partial charge in [-0.15, -0.1) is 0 Å². The Hall–Kier alpha value is -2.83. The fraction of sp³-hybridized carbons (Fsp3) is 0.353. The monoisotopic (exact) mass is 326 g/mol. The molecular formula is C17H18N4O3. The van der Waals surface area contributed by atoms with E-state index >= 15 is 0 Å². The molecule has 0 spiro atoms. The van der Waals surface area contributed by atoms with Crippen LogP contribution in [0.15, 0.2) is 24.3 Å². The number of ether oxygens (including phenoxy) is 2. The minimum absolute atomic E-state index is 0.0354. The predicted octanol–water partition coefficient (Wildman–Crippen LogP) is 2.49. The van der Waals surface area contributed by atoms with Gasteiger partial charge in [0.1, 0.15) is 5.69 Å². The van der Waals surface area contributed by atoms with Crippen LogP contribution in [0.2, 0.25) is 0 Å². The summed E-state index contributed by atoms with van der Waals surface area (Å²) in [6.45, 7) is 3.68. The van der Waals surface area contributed by atoms with E-state index in [4.69, 9.17) is 9.47 Å². The summed E-state index contributed by atoms with van der Waals surface area (Å²) in [7, 11) is 0. The second kappa shape index (κ2) is 5.99. The SMILES string of the molecule is Cc1cc(C(=O)N2CCCC2)nc(Nc2ccc3c(c2)OCO3)n1. The van der Waals surface area contributed by atoms with Gasteiger partial charge < -0.3 is 19.7 Å². The molecule has 1 amide bonds. The van der Waals surface area contributed by atoms with Gasteiger partial charge >= 0.3 is 0 Å². The molecule has 0 radical (unpaired) electrons. The molecule has 7 heteroatoms. The lowest BCUT2D eigenvalue weighted by Crippen LogP contribution is -2.28. The van der Waals surface area contributed by atoms with Gasteiger partial charge in [-0.05, 0) is 38.0 Å². The number of likely N-dealkylation sites (tertiary alicyclic amines) is 1. The van der Waals surface area contributed by atoms with Gasteiger partial charge in [-0.25, -0.2) is 9.97 Å². The average Bonchev–Trinajstić information content (AvgIpc) is 3.24. The van der Waals surface area contributed by atoms with Crippen LogP contribution in [0.3, 0.4) is 0 Å². The smallest absolute Gasteiger partial charge is 0.272 e. The van der Waals surface area contributed by atoms with Crippen molar-refractivity contribution < 1.29 is 14.3 Å². The minimum Gasteiger partial charge on any atom is -0.454 e. The van der Waals surface area contributed by atoms with Crippen molar-refractivity contribution >= 4 is 17.5 Å². The van der Waals surface area contributed by atoms with Crippen LogP contribution in [-0.4, -0.2) is 40.7 Å². The second-order valence-corrected chi connectivity index (χ2v) is 5.91. The number of amides is 1. The van der Waals surface area contributed by atoms with Crippen molar-refractivity contribution in [3.05, 3.63) is 35.7 Å². The van der Waals surface area contributed by atoms with Gasteiger partial charge in [-0.3, -0.25) is 4.79 Å². The highest BCUT2D eigenvalue weighted by molar-refractivity contribution is 5.93. The van der Waals surface area contributed by atoms with Gasteiger partial charge in [0.25, 0.3) is 5.91 Å². The topological polar surface area (TPSA) is 76.6 Å². The summed E-state index contributed by atoms with van der Waals surface area (Å²) in [5.74, 6) is 1.76. The van der Waals surface area contributed by atoms with E-state index in [0.717, 1.165) is 43.1 Å². The Morgan fingerprint density at radius 3 is 2.75 bits per heavy atom. The third-order valence-electron chi connectivity index (χ3n) is 4.10. The van der Waals surface area contributed by atoms with Crippen molar-refractivity contribution in [3.63, 3.8) is 0 Å². The maximum absolute atomic E-state index is 12.5. The van der Waals surface area contributed by atoms with Crippen LogP contribution in [-0.2, 0) is 0 Å². The van der Waals surface area contributed by atoms with Crippen LogP contribution in [0.25, 0.3) is 0 Å². The van der Waals surface area contributed by atoms with E-state index in [1.807, 2.05) is 30.0 Å². The van der Waals surface area contributed by atoms with E-state index in [0.29, 0.717) is 17.4 Å². The average molecular weight is 326 g/mol. The summed E-state index contributed by atoms with van der Waals surface area (Å²) in [5, 5.41) is 3.13. The van der Waals surface area contributed by atoms with Gasteiger partial charge in [0, 0.05) is 30.5 Å². The largest absolute Gasteiger partial charge is 0.454 e. The summed E-state index contributed by atoms with van der Waals surface area (Å²) in [4.78, 5) is 23.1. The third-order valence-corrected chi connectivity index (χ3v) is 4.10. The molecule has 4 rings (SSSR count). The van der Waals surface area contributed by atoms with E-state index < -0.39 is 0 Å². The molecule has 1 fully saturated rings. The molecule has 7 nitrogen and oxygen atoms in total. The fourth-order valence-corrected chi connectivity index (χ4v) is 2.92. The Balaban J connectivity index is 1.58. The molecule has 2 aliphatic heterocycles. The molecule has 124 valence electrons. The number of benzene rings is 1. The maximum Gasteiger partial charge on any atom is 0.272 e. The van der Waals surface area contributed by atoms with Crippen LogP contribution < -0.4 is 14.8 Å². The van der Waals surface area contributed by atoms with Crippen molar-refractivity contribution in [1.82, 2.24) is 14.9 Å². The highest BCUT2D eigenvalue weighted by Gasteiger charge is 2.21. The summed E-state index contributed by atoms with van der Waals surface area (Å²) >= 11 is 0. The van der Waals surface area contributed by atoms with E-state index in [9.17, 15) is 4.79 Å². The van der Waals surface area contributed by atoms with E-state index in [1.54, 1.807) is 6.07 Å². The van der Waals surface area contributed by atoms with E-state index in [-0.39, 0.29) is 12.7 Å². The highest BCUT2D eigenvalue weighted by atomic mass is 16.7.